The number of carbonyl (C=O) groups is 1. The van der Waals surface area contributed by atoms with Gasteiger partial charge >= 0.3 is 0 Å². The van der Waals surface area contributed by atoms with E-state index in [0.29, 0.717) is 0 Å². The maximum Gasteiger partial charge on any atom is 0.247 e. The molecule has 0 fully saturated rings. The average Bonchev–Trinajstić information content (AvgIpc) is 2.56. The molecule has 2 rings (SSSR count). The van der Waals surface area contributed by atoms with Crippen molar-refractivity contribution < 1.29 is 4.79 Å². The molecule has 0 aliphatic heterocycles. The lowest BCUT2D eigenvalue weighted by Crippen LogP contribution is -2.44. The Morgan fingerprint density at radius 1 is 1.00 bits per heavy atom. The largest absolute Gasteiger partial charge is 0.360 e. The lowest BCUT2D eigenvalue weighted by atomic mass is 10.1. The zero-order valence-electron chi connectivity index (χ0n) is 13.3. The standard InChI is InChI=1S/C19H24N2O/c1-3-15-21(17-13-9-6-10-14-17)18(4-2)19(22)20-16-11-7-5-8-12-16/h5-14,18H,3-4,15H2,1-2H3,(H,20,22). The van der Waals surface area contributed by atoms with Crippen molar-refractivity contribution in [2.24, 2.45) is 0 Å². The van der Waals surface area contributed by atoms with Gasteiger partial charge in [-0.1, -0.05) is 50.2 Å². The molecule has 1 amide bonds. The zero-order valence-corrected chi connectivity index (χ0v) is 13.3. The summed E-state index contributed by atoms with van der Waals surface area (Å²) in [6.45, 7) is 5.06. The Bertz CT molecular complexity index is 569. The first-order chi connectivity index (χ1) is 10.8. The first kappa shape index (κ1) is 16.1. The molecule has 22 heavy (non-hydrogen) atoms. The molecule has 2 aromatic carbocycles. The number of nitrogens with one attached hydrogen (secondary N) is 1. The predicted octanol–water partition coefficient (Wildman–Crippen LogP) is 4.32. The van der Waals surface area contributed by atoms with Crippen molar-refractivity contribution in [2.75, 3.05) is 16.8 Å². The Kier molecular flexibility index (Phi) is 6.01. The summed E-state index contributed by atoms with van der Waals surface area (Å²) in [6.07, 6.45) is 1.78. The topological polar surface area (TPSA) is 32.3 Å². The minimum atomic E-state index is -0.164. The molecule has 0 heterocycles. The lowest BCUT2D eigenvalue weighted by molar-refractivity contribution is -0.117. The van der Waals surface area contributed by atoms with E-state index >= 15 is 0 Å². The number of nitrogens with zero attached hydrogens (tertiary/aromatic N) is 1. The molecule has 0 radical (unpaired) electrons. The van der Waals surface area contributed by atoms with Crippen LogP contribution < -0.4 is 10.2 Å². The summed E-state index contributed by atoms with van der Waals surface area (Å²) >= 11 is 0. The average molecular weight is 296 g/mol. The maximum atomic E-state index is 12.7. The van der Waals surface area contributed by atoms with E-state index in [2.05, 4.69) is 36.2 Å². The van der Waals surface area contributed by atoms with Crippen molar-refractivity contribution in [1.29, 1.82) is 0 Å². The Morgan fingerprint density at radius 2 is 1.59 bits per heavy atom. The first-order valence-corrected chi connectivity index (χ1v) is 7.93. The number of hydrogen-bond acceptors (Lipinski definition) is 2. The second-order valence-electron chi connectivity index (χ2n) is 5.31. The first-order valence-electron chi connectivity index (χ1n) is 7.93. The number of amides is 1. The SMILES string of the molecule is CCCN(c1ccccc1)C(CC)C(=O)Nc1ccccc1. The molecule has 0 aromatic heterocycles. The molecule has 2 aromatic rings. The van der Waals surface area contributed by atoms with Crippen LogP contribution in [0.3, 0.4) is 0 Å². The van der Waals surface area contributed by atoms with Gasteiger partial charge in [-0.3, -0.25) is 4.79 Å². The minimum absolute atomic E-state index is 0.0472. The molecule has 1 N–H and O–H groups in total. The van der Waals surface area contributed by atoms with Crippen LogP contribution in [0, 0.1) is 0 Å². The van der Waals surface area contributed by atoms with Gasteiger partial charge in [0.2, 0.25) is 5.91 Å². The number of benzene rings is 2. The van der Waals surface area contributed by atoms with Crippen molar-refractivity contribution >= 4 is 17.3 Å². The van der Waals surface area contributed by atoms with Crippen molar-refractivity contribution in [3.05, 3.63) is 60.7 Å². The van der Waals surface area contributed by atoms with Crippen LogP contribution in [0.25, 0.3) is 0 Å². The van der Waals surface area contributed by atoms with Crippen LogP contribution in [-0.4, -0.2) is 18.5 Å². The molecule has 0 spiro atoms. The molecule has 3 nitrogen and oxygen atoms in total. The van der Waals surface area contributed by atoms with E-state index < -0.39 is 0 Å². The fraction of sp³-hybridized carbons (Fsp3) is 0.316. The Morgan fingerprint density at radius 3 is 2.14 bits per heavy atom. The van der Waals surface area contributed by atoms with Crippen LogP contribution in [0.15, 0.2) is 60.7 Å². The zero-order chi connectivity index (χ0) is 15.8. The van der Waals surface area contributed by atoms with Gasteiger partial charge in [0.25, 0.3) is 0 Å². The molecule has 0 saturated heterocycles. The third-order valence-corrected chi connectivity index (χ3v) is 3.66. The van der Waals surface area contributed by atoms with Gasteiger partial charge in [-0.05, 0) is 37.1 Å². The third-order valence-electron chi connectivity index (χ3n) is 3.66. The van der Waals surface area contributed by atoms with Gasteiger partial charge < -0.3 is 10.2 Å². The van der Waals surface area contributed by atoms with Crippen LogP contribution in [0.2, 0.25) is 0 Å². The highest BCUT2D eigenvalue weighted by Gasteiger charge is 2.24. The van der Waals surface area contributed by atoms with Crippen LogP contribution >= 0.6 is 0 Å². The summed E-state index contributed by atoms with van der Waals surface area (Å²) in [5, 5.41) is 3.02. The second-order valence-corrected chi connectivity index (χ2v) is 5.31. The molecule has 1 atom stereocenters. The van der Waals surface area contributed by atoms with Gasteiger partial charge in [0.1, 0.15) is 6.04 Å². The van der Waals surface area contributed by atoms with E-state index in [1.165, 1.54) is 0 Å². The number of hydrogen-bond donors (Lipinski definition) is 1. The lowest BCUT2D eigenvalue weighted by Gasteiger charge is -2.32. The second kappa shape index (κ2) is 8.23. The summed E-state index contributed by atoms with van der Waals surface area (Å²) in [5.41, 5.74) is 1.94. The summed E-state index contributed by atoms with van der Waals surface area (Å²) < 4.78 is 0. The van der Waals surface area contributed by atoms with Gasteiger partial charge in [0.05, 0.1) is 0 Å². The molecule has 3 heteroatoms. The van der Waals surface area contributed by atoms with Gasteiger partial charge in [0, 0.05) is 17.9 Å². The predicted molar refractivity (Wildman–Crippen MR) is 93.2 cm³/mol. The van der Waals surface area contributed by atoms with Crippen LogP contribution in [0.4, 0.5) is 11.4 Å². The highest BCUT2D eigenvalue weighted by Crippen LogP contribution is 2.20. The fourth-order valence-electron chi connectivity index (χ4n) is 2.62. The van der Waals surface area contributed by atoms with Crippen LogP contribution in [-0.2, 0) is 4.79 Å². The van der Waals surface area contributed by atoms with Gasteiger partial charge in [-0.2, -0.15) is 0 Å². The van der Waals surface area contributed by atoms with Crippen molar-refractivity contribution in [3.63, 3.8) is 0 Å². The molecule has 116 valence electrons. The van der Waals surface area contributed by atoms with E-state index in [-0.39, 0.29) is 11.9 Å². The van der Waals surface area contributed by atoms with E-state index in [4.69, 9.17) is 0 Å². The highest BCUT2D eigenvalue weighted by atomic mass is 16.2. The summed E-state index contributed by atoms with van der Waals surface area (Å²) in [4.78, 5) is 14.9. The molecular weight excluding hydrogens is 272 g/mol. The van der Waals surface area contributed by atoms with Crippen molar-refractivity contribution in [1.82, 2.24) is 0 Å². The molecule has 1 unspecified atom stereocenters. The quantitative estimate of drug-likeness (QED) is 0.825. The summed E-state index contributed by atoms with van der Waals surface area (Å²) in [7, 11) is 0. The molecule has 0 saturated carbocycles. The van der Waals surface area contributed by atoms with Crippen molar-refractivity contribution in [2.45, 2.75) is 32.7 Å². The molecule has 0 aliphatic carbocycles. The van der Waals surface area contributed by atoms with E-state index in [1.807, 2.05) is 48.5 Å². The van der Waals surface area contributed by atoms with Crippen LogP contribution in [0.5, 0.6) is 0 Å². The van der Waals surface area contributed by atoms with Gasteiger partial charge in [-0.15, -0.1) is 0 Å². The smallest absolute Gasteiger partial charge is 0.247 e. The number of carbonyl (C=O) groups excluding carboxylic acids is 1. The molecular formula is C19H24N2O. The van der Waals surface area contributed by atoms with E-state index in [0.717, 1.165) is 30.8 Å². The van der Waals surface area contributed by atoms with Crippen LogP contribution in [0.1, 0.15) is 26.7 Å². The van der Waals surface area contributed by atoms with E-state index in [1.54, 1.807) is 0 Å². The maximum absolute atomic E-state index is 12.7. The summed E-state index contributed by atoms with van der Waals surface area (Å²) in [5.74, 6) is 0.0472. The number of anilines is 2. The molecule has 0 bridgehead atoms. The minimum Gasteiger partial charge on any atom is -0.360 e. The van der Waals surface area contributed by atoms with Gasteiger partial charge in [0.15, 0.2) is 0 Å². The Hall–Kier alpha value is -2.29. The number of para-hydroxylation sites is 2. The fourth-order valence-corrected chi connectivity index (χ4v) is 2.62. The Balaban J connectivity index is 2.18. The third kappa shape index (κ3) is 4.10. The summed E-state index contributed by atoms with van der Waals surface area (Å²) in [6, 6.07) is 19.6. The van der Waals surface area contributed by atoms with Gasteiger partial charge in [-0.25, -0.2) is 0 Å². The van der Waals surface area contributed by atoms with Crippen molar-refractivity contribution in [3.8, 4) is 0 Å². The molecule has 0 aliphatic rings. The van der Waals surface area contributed by atoms with E-state index in [9.17, 15) is 4.79 Å². The number of rotatable bonds is 7. The normalized spacial score (nSPS) is 11.7. The monoisotopic (exact) mass is 296 g/mol. The Labute approximate surface area is 133 Å². The highest BCUT2D eigenvalue weighted by molar-refractivity contribution is 5.96.